The Balaban J connectivity index is 4.13. The van der Waals surface area contributed by atoms with Crippen molar-refractivity contribution < 1.29 is 24.0 Å². The predicted molar refractivity (Wildman–Crippen MR) is 175 cm³/mol. The summed E-state index contributed by atoms with van der Waals surface area (Å²) < 4.78 is 0.772. The van der Waals surface area contributed by atoms with Gasteiger partial charge < -0.3 is 30.6 Å². The van der Waals surface area contributed by atoms with E-state index in [1.807, 2.05) is 6.92 Å². The summed E-state index contributed by atoms with van der Waals surface area (Å²) in [5.74, 6) is -1.94. The first-order chi connectivity index (χ1) is 20.8. The van der Waals surface area contributed by atoms with E-state index in [1.54, 1.807) is 0 Å². The molecule has 0 saturated heterocycles. The van der Waals surface area contributed by atoms with Crippen LogP contribution in [0.3, 0.4) is 0 Å². The molecule has 10 radical (unpaired) electrons. The number of hydrogen-bond acceptors (Lipinski definition) is 7. The number of nitrogens with one attached hydrogen (secondary N) is 4. The van der Waals surface area contributed by atoms with Crippen molar-refractivity contribution in [2.75, 3.05) is 32.7 Å². The van der Waals surface area contributed by atoms with E-state index in [4.69, 9.17) is 39.9 Å². The Morgan fingerprint density at radius 3 is 1.61 bits per heavy atom. The van der Waals surface area contributed by atoms with Crippen molar-refractivity contribution in [3.05, 3.63) is 12.3 Å². The zero-order valence-corrected chi connectivity index (χ0v) is 26.3. The molecule has 0 fully saturated rings. The summed E-state index contributed by atoms with van der Waals surface area (Å²) in [4.78, 5) is 60.2. The molecule has 44 heavy (non-hydrogen) atoms. The molecule has 17 heteroatoms. The molecule has 0 heterocycles. The lowest BCUT2D eigenvalue weighted by molar-refractivity contribution is -0.129. The van der Waals surface area contributed by atoms with Gasteiger partial charge >= 0.3 is 0 Å². The van der Waals surface area contributed by atoms with Crippen molar-refractivity contribution in [3.63, 3.8) is 0 Å². The maximum atomic E-state index is 12.3. The SMILES string of the molecule is [B]NC(=O)CCCCC(=O)NCCCCC(CCCCCCCNC(=O)CN(CC(=O)N([B])[B])CC(=O)N([B])[B])NC(=C)C. The predicted octanol–water partition coefficient (Wildman–Crippen LogP) is -0.725. The van der Waals surface area contributed by atoms with E-state index in [0.29, 0.717) is 54.3 Å². The van der Waals surface area contributed by atoms with Crippen LogP contribution in [0.25, 0.3) is 0 Å². The van der Waals surface area contributed by atoms with Crippen molar-refractivity contribution >= 4 is 69.4 Å². The van der Waals surface area contributed by atoms with Gasteiger partial charge in [0.05, 0.1) is 19.6 Å². The summed E-state index contributed by atoms with van der Waals surface area (Å²) >= 11 is 0. The number of rotatable bonds is 26. The lowest BCUT2D eigenvalue weighted by Gasteiger charge is -2.24. The molecule has 0 saturated carbocycles. The lowest BCUT2D eigenvalue weighted by atomic mass is 10.0. The monoisotopic (exact) mass is 603 g/mol. The lowest BCUT2D eigenvalue weighted by Crippen LogP contribution is -2.47. The molecule has 4 N–H and O–H groups in total. The van der Waals surface area contributed by atoms with Crippen LogP contribution in [-0.2, 0) is 24.0 Å². The molecule has 0 aliphatic carbocycles. The molecule has 0 aliphatic rings. The van der Waals surface area contributed by atoms with Gasteiger partial charge in [-0.05, 0) is 51.9 Å². The first-order valence-corrected chi connectivity index (χ1v) is 15.2. The molecule has 0 aromatic heterocycles. The molecule has 5 amide bonds. The number of carbonyl (C=O) groups excluding carboxylic acids is 5. The fraction of sp³-hybridized carbons (Fsp3) is 0.741. The van der Waals surface area contributed by atoms with Crippen molar-refractivity contribution in [1.29, 1.82) is 0 Å². The number of nitrogens with zero attached hydrogens (tertiary/aromatic N) is 3. The minimum absolute atomic E-state index is 0.00134. The Bertz CT molecular complexity index is 877. The Kier molecular flexibility index (Phi) is 23.9. The summed E-state index contributed by atoms with van der Waals surface area (Å²) in [7, 11) is 25.9. The first kappa shape index (κ1) is 41.2. The zero-order valence-electron chi connectivity index (χ0n) is 26.3. The Morgan fingerprint density at radius 1 is 0.636 bits per heavy atom. The third-order valence-electron chi connectivity index (χ3n) is 6.68. The fourth-order valence-corrected chi connectivity index (χ4v) is 4.36. The molecule has 0 aromatic carbocycles. The van der Waals surface area contributed by atoms with Crippen molar-refractivity contribution in [2.24, 2.45) is 0 Å². The van der Waals surface area contributed by atoms with Crippen LogP contribution >= 0.6 is 0 Å². The Morgan fingerprint density at radius 2 is 1.09 bits per heavy atom. The van der Waals surface area contributed by atoms with E-state index in [1.165, 1.54) is 4.90 Å². The van der Waals surface area contributed by atoms with Crippen LogP contribution in [0.15, 0.2) is 12.3 Å². The van der Waals surface area contributed by atoms with E-state index in [-0.39, 0.29) is 37.4 Å². The van der Waals surface area contributed by atoms with Crippen LogP contribution in [0.4, 0.5) is 0 Å². The average molecular weight is 603 g/mol. The normalized spacial score (nSPS) is 11.3. The molecule has 1 unspecified atom stereocenters. The summed E-state index contributed by atoms with van der Waals surface area (Å²) in [6.07, 6.45) is 10.8. The van der Waals surface area contributed by atoms with E-state index in [0.717, 1.165) is 63.5 Å². The van der Waals surface area contributed by atoms with Crippen LogP contribution in [0.1, 0.15) is 90.4 Å². The second-order valence-electron chi connectivity index (χ2n) is 10.9. The second-order valence-corrected chi connectivity index (χ2v) is 10.9. The Hall–Kier alpha value is -2.83. The van der Waals surface area contributed by atoms with Gasteiger partial charge in [0.2, 0.25) is 69.4 Å². The minimum Gasteiger partial charge on any atom is -0.448 e. The Labute approximate surface area is 270 Å². The summed E-state index contributed by atoms with van der Waals surface area (Å²) in [5.41, 5.74) is 0.932. The smallest absolute Gasteiger partial charge is 0.234 e. The largest absolute Gasteiger partial charge is 0.448 e. The summed E-state index contributed by atoms with van der Waals surface area (Å²) in [6.45, 7) is 6.10. The van der Waals surface area contributed by atoms with Gasteiger partial charge in [0, 0.05) is 37.7 Å². The van der Waals surface area contributed by atoms with Gasteiger partial charge in [-0.15, -0.1) is 0 Å². The summed E-state index contributed by atoms with van der Waals surface area (Å²) in [5, 5.41) is 11.3. The molecule has 0 aliphatic heterocycles. The van der Waals surface area contributed by atoms with E-state index in [2.05, 4.69) is 27.8 Å². The highest BCUT2D eigenvalue weighted by molar-refractivity contribution is 6.35. The molecule has 0 rings (SSSR count). The van der Waals surface area contributed by atoms with Gasteiger partial charge in [0.15, 0.2) is 0 Å². The van der Waals surface area contributed by atoms with Gasteiger partial charge in [-0.25, -0.2) is 0 Å². The van der Waals surface area contributed by atoms with Crippen LogP contribution < -0.4 is 21.2 Å². The maximum Gasteiger partial charge on any atom is 0.234 e. The summed E-state index contributed by atoms with van der Waals surface area (Å²) in [6, 6.07) is 0.328. The van der Waals surface area contributed by atoms with Crippen LogP contribution in [-0.4, -0.2) is 123 Å². The number of unbranched alkanes of at least 4 members (excludes halogenated alkanes) is 6. The molecular weight excluding hydrogens is 556 g/mol. The van der Waals surface area contributed by atoms with Crippen LogP contribution in [0.2, 0.25) is 0 Å². The highest BCUT2D eigenvalue weighted by atomic mass is 16.2. The van der Waals surface area contributed by atoms with Gasteiger partial charge in [-0.3, -0.25) is 28.9 Å². The van der Waals surface area contributed by atoms with E-state index >= 15 is 0 Å². The average Bonchev–Trinajstić information content (AvgIpc) is 2.95. The quantitative estimate of drug-likeness (QED) is 0.0756. The topological polar surface area (TPSA) is 143 Å². The zero-order chi connectivity index (χ0) is 33.3. The second kappa shape index (κ2) is 25.5. The molecule has 12 nitrogen and oxygen atoms in total. The fourth-order valence-electron chi connectivity index (χ4n) is 4.36. The highest BCUT2D eigenvalue weighted by Gasteiger charge is 2.19. The van der Waals surface area contributed by atoms with E-state index < -0.39 is 11.8 Å². The standard InChI is InChI=1S/C27H46B5N7O5/c1-21(2)35-22(13-9-11-17-33-23(40)14-7-8-15-24(41)36-28)12-6-4-3-5-10-16-34-25(42)18-37(19-26(43)38(29)30)20-27(44)39(31)32/h22,35H,1,3-20H2,2H3,(H,33,40)(H,34,42)(H,36,41). The van der Waals surface area contributed by atoms with Gasteiger partial charge in [0.25, 0.3) is 0 Å². The number of amides is 5. The molecule has 0 aromatic rings. The van der Waals surface area contributed by atoms with Crippen LogP contribution in [0, 0.1) is 0 Å². The van der Waals surface area contributed by atoms with Crippen molar-refractivity contribution in [1.82, 2.24) is 35.5 Å². The van der Waals surface area contributed by atoms with E-state index in [9.17, 15) is 24.0 Å². The molecule has 1 atom stereocenters. The van der Waals surface area contributed by atoms with Crippen LogP contribution in [0.5, 0.6) is 0 Å². The van der Waals surface area contributed by atoms with Gasteiger partial charge in [0.1, 0.15) is 0 Å². The molecule has 234 valence electrons. The first-order valence-electron chi connectivity index (χ1n) is 15.2. The van der Waals surface area contributed by atoms with Crippen molar-refractivity contribution in [2.45, 2.75) is 96.4 Å². The number of hydrogen-bond donors (Lipinski definition) is 4. The maximum absolute atomic E-state index is 12.3. The third-order valence-corrected chi connectivity index (χ3v) is 6.68. The van der Waals surface area contributed by atoms with Gasteiger partial charge in [-0.2, -0.15) is 0 Å². The minimum atomic E-state index is -0.684. The highest BCUT2D eigenvalue weighted by Crippen LogP contribution is 2.13. The molecule has 0 bridgehead atoms. The van der Waals surface area contributed by atoms with Crippen molar-refractivity contribution in [3.8, 4) is 0 Å². The number of allylic oxidation sites excluding steroid dienone is 1. The molecule has 0 spiro atoms. The molecular formula is C27H46B5N7O5. The van der Waals surface area contributed by atoms with Gasteiger partial charge in [-0.1, -0.05) is 32.3 Å². The third kappa shape index (κ3) is 23.6. The number of carbonyl (C=O) groups is 5.